The molecule has 1 nitrogen and oxygen atoms in total. The van der Waals surface area contributed by atoms with Crippen LogP contribution in [0.15, 0.2) is 27.1 Å². The summed E-state index contributed by atoms with van der Waals surface area (Å²) in [6.07, 6.45) is 5.00. The zero-order valence-electron chi connectivity index (χ0n) is 9.73. The fourth-order valence-electron chi connectivity index (χ4n) is 1.65. The van der Waals surface area contributed by atoms with Crippen molar-refractivity contribution < 1.29 is 0 Å². The van der Waals surface area contributed by atoms with Crippen LogP contribution in [-0.2, 0) is 6.42 Å². The van der Waals surface area contributed by atoms with Crippen molar-refractivity contribution in [3.05, 3.63) is 32.7 Å². The SMILES string of the molecule is CCNCCCCCc1cc(Br)ccc1Br. The van der Waals surface area contributed by atoms with E-state index in [0.717, 1.165) is 19.5 Å². The number of aryl methyl sites for hydroxylation is 1. The van der Waals surface area contributed by atoms with Gasteiger partial charge in [-0.15, -0.1) is 0 Å². The van der Waals surface area contributed by atoms with E-state index in [0.29, 0.717) is 0 Å². The van der Waals surface area contributed by atoms with Crippen molar-refractivity contribution in [2.45, 2.75) is 32.6 Å². The molecule has 90 valence electrons. The lowest BCUT2D eigenvalue weighted by atomic mass is 10.1. The van der Waals surface area contributed by atoms with Gasteiger partial charge < -0.3 is 5.32 Å². The summed E-state index contributed by atoms with van der Waals surface area (Å²) in [5.74, 6) is 0. The molecule has 0 bridgehead atoms. The normalized spacial score (nSPS) is 10.7. The molecule has 0 fully saturated rings. The molecular formula is C13H19Br2N. The highest BCUT2D eigenvalue weighted by Crippen LogP contribution is 2.23. The van der Waals surface area contributed by atoms with Gasteiger partial charge in [0.15, 0.2) is 0 Å². The summed E-state index contributed by atoms with van der Waals surface area (Å²) in [7, 11) is 0. The molecule has 0 unspecified atom stereocenters. The Labute approximate surface area is 115 Å². The maximum Gasteiger partial charge on any atom is 0.0208 e. The van der Waals surface area contributed by atoms with E-state index in [1.807, 2.05) is 0 Å². The van der Waals surface area contributed by atoms with Crippen LogP contribution in [0, 0.1) is 0 Å². The molecule has 0 aliphatic rings. The molecule has 1 rings (SSSR count). The first-order valence-electron chi connectivity index (χ1n) is 5.88. The van der Waals surface area contributed by atoms with Gasteiger partial charge in [0.2, 0.25) is 0 Å². The van der Waals surface area contributed by atoms with Gasteiger partial charge in [0, 0.05) is 8.95 Å². The molecule has 0 spiro atoms. The average molecular weight is 349 g/mol. The van der Waals surface area contributed by atoms with Crippen LogP contribution in [-0.4, -0.2) is 13.1 Å². The lowest BCUT2D eigenvalue weighted by Crippen LogP contribution is -2.13. The third-order valence-electron chi connectivity index (χ3n) is 2.56. The highest BCUT2D eigenvalue weighted by molar-refractivity contribution is 9.11. The van der Waals surface area contributed by atoms with Gasteiger partial charge in [-0.25, -0.2) is 0 Å². The Bertz CT molecular complexity index is 313. The maximum atomic E-state index is 3.59. The molecule has 0 aliphatic heterocycles. The van der Waals surface area contributed by atoms with E-state index in [2.05, 4.69) is 62.3 Å². The standard InChI is InChI=1S/C13H19Br2N/c1-2-16-9-5-3-4-6-11-10-12(14)7-8-13(11)15/h7-8,10,16H,2-6,9H2,1H3. The van der Waals surface area contributed by atoms with E-state index >= 15 is 0 Å². The molecule has 0 heterocycles. The Morgan fingerprint density at radius 1 is 1.12 bits per heavy atom. The summed E-state index contributed by atoms with van der Waals surface area (Å²) >= 11 is 7.10. The van der Waals surface area contributed by atoms with Crippen LogP contribution in [0.2, 0.25) is 0 Å². The third-order valence-corrected chi connectivity index (χ3v) is 3.82. The number of rotatable bonds is 7. The van der Waals surface area contributed by atoms with E-state index in [1.165, 1.54) is 33.8 Å². The molecular weight excluding hydrogens is 330 g/mol. The van der Waals surface area contributed by atoms with E-state index < -0.39 is 0 Å². The largest absolute Gasteiger partial charge is 0.317 e. The van der Waals surface area contributed by atoms with Gasteiger partial charge in [-0.05, 0) is 56.1 Å². The van der Waals surface area contributed by atoms with Crippen LogP contribution in [0.1, 0.15) is 31.7 Å². The summed E-state index contributed by atoms with van der Waals surface area (Å²) in [5.41, 5.74) is 1.40. The number of hydrogen-bond acceptors (Lipinski definition) is 1. The lowest BCUT2D eigenvalue weighted by Gasteiger charge is -2.05. The van der Waals surface area contributed by atoms with Crippen molar-refractivity contribution in [1.29, 1.82) is 0 Å². The summed E-state index contributed by atoms with van der Waals surface area (Å²) < 4.78 is 2.39. The minimum atomic E-state index is 1.08. The van der Waals surface area contributed by atoms with Crippen molar-refractivity contribution in [2.24, 2.45) is 0 Å². The van der Waals surface area contributed by atoms with Crippen LogP contribution < -0.4 is 5.32 Å². The summed E-state index contributed by atoms with van der Waals surface area (Å²) in [4.78, 5) is 0. The molecule has 16 heavy (non-hydrogen) atoms. The molecule has 0 saturated carbocycles. The highest BCUT2D eigenvalue weighted by Gasteiger charge is 2.00. The maximum absolute atomic E-state index is 3.59. The molecule has 0 aliphatic carbocycles. The molecule has 3 heteroatoms. The third kappa shape index (κ3) is 5.46. The molecule has 0 saturated heterocycles. The Morgan fingerprint density at radius 3 is 2.69 bits per heavy atom. The zero-order valence-corrected chi connectivity index (χ0v) is 12.9. The van der Waals surface area contributed by atoms with Crippen LogP contribution >= 0.6 is 31.9 Å². The number of hydrogen-bond donors (Lipinski definition) is 1. The minimum Gasteiger partial charge on any atom is -0.317 e. The minimum absolute atomic E-state index is 1.08. The van der Waals surface area contributed by atoms with E-state index in [9.17, 15) is 0 Å². The second-order valence-electron chi connectivity index (χ2n) is 3.90. The molecule has 1 aromatic carbocycles. The Balaban J connectivity index is 2.23. The van der Waals surface area contributed by atoms with Crippen LogP contribution in [0.25, 0.3) is 0 Å². The summed E-state index contributed by atoms with van der Waals surface area (Å²) in [5, 5.41) is 3.35. The number of halogens is 2. The quantitative estimate of drug-likeness (QED) is 0.713. The average Bonchev–Trinajstić information content (AvgIpc) is 2.28. The fourth-order valence-corrected chi connectivity index (χ4v) is 2.51. The number of benzene rings is 1. The van der Waals surface area contributed by atoms with Gasteiger partial charge in [0.1, 0.15) is 0 Å². The molecule has 1 N–H and O–H groups in total. The summed E-state index contributed by atoms with van der Waals surface area (Å²) in [6, 6.07) is 6.38. The van der Waals surface area contributed by atoms with Gasteiger partial charge in [0.05, 0.1) is 0 Å². The fraction of sp³-hybridized carbons (Fsp3) is 0.538. The Morgan fingerprint density at radius 2 is 1.94 bits per heavy atom. The molecule has 0 amide bonds. The van der Waals surface area contributed by atoms with Crippen LogP contribution in [0.3, 0.4) is 0 Å². The second-order valence-corrected chi connectivity index (χ2v) is 5.67. The van der Waals surface area contributed by atoms with Gasteiger partial charge in [-0.3, -0.25) is 0 Å². The van der Waals surface area contributed by atoms with E-state index in [-0.39, 0.29) is 0 Å². The smallest absolute Gasteiger partial charge is 0.0208 e. The predicted octanol–water partition coefficient (Wildman–Crippen LogP) is 4.53. The first-order chi connectivity index (χ1) is 7.74. The topological polar surface area (TPSA) is 12.0 Å². The van der Waals surface area contributed by atoms with Crippen molar-refractivity contribution in [3.8, 4) is 0 Å². The second kappa shape index (κ2) is 8.26. The van der Waals surface area contributed by atoms with Crippen LogP contribution in [0.5, 0.6) is 0 Å². The zero-order chi connectivity index (χ0) is 11.8. The van der Waals surface area contributed by atoms with Gasteiger partial charge >= 0.3 is 0 Å². The molecule has 0 aromatic heterocycles. The van der Waals surface area contributed by atoms with E-state index in [1.54, 1.807) is 0 Å². The molecule has 1 aromatic rings. The Hall–Kier alpha value is 0.140. The number of unbranched alkanes of at least 4 members (excludes halogenated alkanes) is 2. The summed E-state index contributed by atoms with van der Waals surface area (Å²) in [6.45, 7) is 4.38. The molecule has 0 atom stereocenters. The highest BCUT2D eigenvalue weighted by atomic mass is 79.9. The van der Waals surface area contributed by atoms with Crippen molar-refractivity contribution in [2.75, 3.05) is 13.1 Å². The van der Waals surface area contributed by atoms with Crippen molar-refractivity contribution in [3.63, 3.8) is 0 Å². The molecule has 0 radical (unpaired) electrons. The van der Waals surface area contributed by atoms with Gasteiger partial charge in [0.25, 0.3) is 0 Å². The first kappa shape index (κ1) is 14.2. The van der Waals surface area contributed by atoms with Gasteiger partial charge in [-0.2, -0.15) is 0 Å². The van der Waals surface area contributed by atoms with E-state index in [4.69, 9.17) is 0 Å². The van der Waals surface area contributed by atoms with Crippen molar-refractivity contribution >= 4 is 31.9 Å². The van der Waals surface area contributed by atoms with Crippen molar-refractivity contribution in [1.82, 2.24) is 5.32 Å². The first-order valence-corrected chi connectivity index (χ1v) is 7.47. The Kier molecular flexibility index (Phi) is 7.33. The van der Waals surface area contributed by atoms with Gasteiger partial charge in [-0.1, -0.05) is 45.2 Å². The monoisotopic (exact) mass is 347 g/mol. The lowest BCUT2D eigenvalue weighted by molar-refractivity contribution is 0.616. The van der Waals surface area contributed by atoms with Crippen LogP contribution in [0.4, 0.5) is 0 Å². The predicted molar refractivity (Wildman–Crippen MR) is 77.9 cm³/mol. The number of nitrogens with one attached hydrogen (secondary N) is 1.